The Hall–Kier alpha value is -1.67. The first kappa shape index (κ1) is 39.8. The Kier molecular flexibility index (Phi) is 18.1. The number of hydrogen-bond donors (Lipinski definition) is 1. The van der Waals surface area contributed by atoms with E-state index in [2.05, 4.69) is 74.8 Å². The number of ether oxygens (including phenoxy) is 2. The summed E-state index contributed by atoms with van der Waals surface area (Å²) in [5.74, 6) is -0.438. The van der Waals surface area contributed by atoms with Crippen LogP contribution in [0.5, 0.6) is 0 Å². The summed E-state index contributed by atoms with van der Waals surface area (Å²) in [4.78, 5) is 18.3. The van der Waals surface area contributed by atoms with Gasteiger partial charge in [-0.15, -0.1) is 0 Å². The highest BCUT2D eigenvalue weighted by Gasteiger charge is 2.45. The number of para-hydroxylation sites is 1. The Morgan fingerprint density at radius 3 is 1.77 bits per heavy atom. The lowest BCUT2D eigenvalue weighted by Gasteiger charge is -2.51. The minimum absolute atomic E-state index is 0.0100. The van der Waals surface area contributed by atoms with Crippen LogP contribution in [0, 0.1) is 5.92 Å². The maximum atomic E-state index is 13.4. The van der Waals surface area contributed by atoms with Crippen molar-refractivity contribution in [3.05, 3.63) is 30.3 Å². The van der Waals surface area contributed by atoms with Gasteiger partial charge >= 0.3 is 5.97 Å². The first-order valence-electron chi connectivity index (χ1n) is 19.4. The van der Waals surface area contributed by atoms with E-state index in [1.165, 1.54) is 94.2 Å². The van der Waals surface area contributed by atoms with Crippen LogP contribution in [0.2, 0.25) is 0 Å². The van der Waals surface area contributed by atoms with Gasteiger partial charge in [0, 0.05) is 49.5 Å². The van der Waals surface area contributed by atoms with E-state index in [0.29, 0.717) is 19.8 Å². The number of anilines is 1. The quantitative estimate of drug-likeness (QED) is 0.0930. The number of piperazine rings is 1. The zero-order chi connectivity index (χ0) is 34.0. The molecule has 0 unspecified atom stereocenters. The van der Waals surface area contributed by atoms with Crippen molar-refractivity contribution < 1.29 is 19.5 Å². The molecule has 1 N–H and O–H groups in total. The highest BCUT2D eigenvalue weighted by atomic mass is 16.5. The van der Waals surface area contributed by atoms with E-state index >= 15 is 0 Å². The van der Waals surface area contributed by atoms with E-state index in [1.54, 1.807) is 0 Å². The van der Waals surface area contributed by atoms with E-state index < -0.39 is 0 Å². The summed E-state index contributed by atoms with van der Waals surface area (Å²) in [5, 5.41) is 12.2. The number of hydrogen-bond acceptors (Lipinski definition) is 7. The van der Waals surface area contributed by atoms with Gasteiger partial charge in [-0.05, 0) is 59.1 Å². The van der Waals surface area contributed by atoms with Crippen LogP contribution in [-0.2, 0) is 14.3 Å². The summed E-state index contributed by atoms with van der Waals surface area (Å²) in [6, 6.07) is 10.6. The predicted molar refractivity (Wildman–Crippen MR) is 195 cm³/mol. The molecule has 2 heterocycles. The molecule has 2 aliphatic heterocycles. The van der Waals surface area contributed by atoms with Crippen molar-refractivity contribution >= 4 is 11.7 Å². The zero-order valence-corrected chi connectivity index (χ0v) is 31.0. The summed E-state index contributed by atoms with van der Waals surface area (Å²) in [6.07, 6.45) is 21.3. The standard InChI is InChI=1S/C40H71N3O4/c1-6-7-8-9-10-11-12-13-14-15-16-17-18-19-23-30-46-38(44)35(34-47-37-31-39(2,3)43(45)40(4,5)32-37)33-41-26-28-42(29-27-41)36-24-21-20-22-25-36/h20-22,24-25,35,37,45H,6-19,23,26-34H2,1-5H3/t35-/m0/s1. The third-order valence-electron chi connectivity index (χ3n) is 10.4. The van der Waals surface area contributed by atoms with Gasteiger partial charge in [-0.2, -0.15) is 5.06 Å². The predicted octanol–water partition coefficient (Wildman–Crippen LogP) is 9.27. The third-order valence-corrected chi connectivity index (χ3v) is 10.4. The molecule has 0 aromatic heterocycles. The van der Waals surface area contributed by atoms with Crippen LogP contribution >= 0.6 is 0 Å². The van der Waals surface area contributed by atoms with Gasteiger partial charge in [0.2, 0.25) is 0 Å². The maximum absolute atomic E-state index is 13.4. The Morgan fingerprint density at radius 2 is 1.26 bits per heavy atom. The van der Waals surface area contributed by atoms with Crippen molar-refractivity contribution in [2.24, 2.45) is 5.92 Å². The van der Waals surface area contributed by atoms with Crippen molar-refractivity contribution in [1.29, 1.82) is 0 Å². The monoisotopic (exact) mass is 658 g/mol. The molecule has 0 saturated carbocycles. The van der Waals surface area contributed by atoms with Crippen LogP contribution in [0.4, 0.5) is 5.69 Å². The number of hydroxylamine groups is 2. The number of carbonyl (C=O) groups excluding carboxylic acids is 1. The van der Waals surface area contributed by atoms with E-state index in [1.807, 2.05) is 0 Å². The number of carbonyl (C=O) groups is 1. The fourth-order valence-corrected chi connectivity index (χ4v) is 7.65. The van der Waals surface area contributed by atoms with Crippen LogP contribution in [0.25, 0.3) is 0 Å². The second-order valence-electron chi connectivity index (χ2n) is 15.7. The largest absolute Gasteiger partial charge is 0.465 e. The van der Waals surface area contributed by atoms with Gasteiger partial charge in [0.1, 0.15) is 0 Å². The molecule has 7 nitrogen and oxygen atoms in total. The van der Waals surface area contributed by atoms with Crippen molar-refractivity contribution in [3.63, 3.8) is 0 Å². The molecule has 0 amide bonds. The lowest BCUT2D eigenvalue weighted by atomic mass is 9.80. The Bertz CT molecular complexity index is 945. The number of unbranched alkanes of at least 4 members (excludes halogenated alkanes) is 14. The molecule has 0 radical (unpaired) electrons. The van der Waals surface area contributed by atoms with Gasteiger partial charge in [0.15, 0.2) is 0 Å². The van der Waals surface area contributed by atoms with Gasteiger partial charge in [-0.25, -0.2) is 0 Å². The topological polar surface area (TPSA) is 65.5 Å². The molecular formula is C40H71N3O4. The molecule has 0 spiro atoms. The number of nitrogens with zero attached hydrogens (tertiary/aromatic N) is 3. The molecule has 2 aliphatic rings. The lowest BCUT2D eigenvalue weighted by molar-refractivity contribution is -0.262. The molecule has 1 atom stereocenters. The fraction of sp³-hybridized carbons (Fsp3) is 0.825. The second kappa shape index (κ2) is 21.4. The van der Waals surface area contributed by atoms with Crippen molar-refractivity contribution in [2.45, 2.75) is 161 Å². The van der Waals surface area contributed by atoms with Crippen LogP contribution < -0.4 is 4.90 Å². The van der Waals surface area contributed by atoms with Gasteiger partial charge < -0.3 is 19.6 Å². The van der Waals surface area contributed by atoms with E-state index in [4.69, 9.17) is 9.47 Å². The highest BCUT2D eigenvalue weighted by Crippen LogP contribution is 2.38. The van der Waals surface area contributed by atoms with Gasteiger partial charge in [-0.1, -0.05) is 115 Å². The van der Waals surface area contributed by atoms with Crippen LogP contribution in [0.15, 0.2) is 30.3 Å². The number of piperidine rings is 1. The Morgan fingerprint density at radius 1 is 0.766 bits per heavy atom. The van der Waals surface area contributed by atoms with E-state index in [9.17, 15) is 10.0 Å². The van der Waals surface area contributed by atoms with Crippen molar-refractivity contribution in [3.8, 4) is 0 Å². The SMILES string of the molecule is CCCCCCCCCCCCCCCCCOC(=O)[C@H](COC1CC(C)(C)N(O)C(C)(C)C1)CN1CCN(c2ccccc2)CC1. The summed E-state index contributed by atoms with van der Waals surface area (Å²) in [5.41, 5.74) is 0.489. The summed E-state index contributed by atoms with van der Waals surface area (Å²) in [7, 11) is 0. The summed E-state index contributed by atoms with van der Waals surface area (Å²) < 4.78 is 12.4. The molecule has 0 aliphatic carbocycles. The molecule has 2 saturated heterocycles. The first-order valence-corrected chi connectivity index (χ1v) is 19.4. The number of benzene rings is 1. The molecule has 2 fully saturated rings. The normalized spacial score (nSPS) is 19.6. The second-order valence-corrected chi connectivity index (χ2v) is 15.7. The van der Waals surface area contributed by atoms with Crippen LogP contribution in [0.1, 0.15) is 144 Å². The minimum Gasteiger partial charge on any atom is -0.465 e. The van der Waals surface area contributed by atoms with Gasteiger partial charge in [0.05, 0.1) is 25.2 Å². The smallest absolute Gasteiger partial charge is 0.312 e. The molecule has 47 heavy (non-hydrogen) atoms. The number of esters is 1. The molecule has 3 rings (SSSR count). The molecule has 270 valence electrons. The summed E-state index contributed by atoms with van der Waals surface area (Å²) in [6.45, 7) is 15.7. The molecule has 0 bridgehead atoms. The Labute approximate surface area is 288 Å². The van der Waals surface area contributed by atoms with Crippen LogP contribution in [0.3, 0.4) is 0 Å². The minimum atomic E-state index is -0.385. The lowest BCUT2D eigenvalue weighted by Crippen LogP contribution is -2.60. The average molecular weight is 658 g/mol. The summed E-state index contributed by atoms with van der Waals surface area (Å²) >= 11 is 0. The van der Waals surface area contributed by atoms with Crippen molar-refractivity contribution in [2.75, 3.05) is 50.8 Å². The maximum Gasteiger partial charge on any atom is 0.312 e. The first-order chi connectivity index (χ1) is 22.6. The molecule has 1 aromatic carbocycles. The highest BCUT2D eigenvalue weighted by molar-refractivity contribution is 5.72. The number of rotatable bonds is 23. The average Bonchev–Trinajstić information content (AvgIpc) is 3.05. The van der Waals surface area contributed by atoms with Gasteiger partial charge in [-0.3, -0.25) is 9.69 Å². The van der Waals surface area contributed by atoms with E-state index in [-0.39, 0.29) is 29.1 Å². The molecule has 1 aromatic rings. The molecule has 7 heteroatoms. The molecular weight excluding hydrogens is 586 g/mol. The van der Waals surface area contributed by atoms with E-state index in [0.717, 1.165) is 51.9 Å². The van der Waals surface area contributed by atoms with Gasteiger partial charge in [0.25, 0.3) is 0 Å². The fourth-order valence-electron chi connectivity index (χ4n) is 7.65. The Balaban J connectivity index is 1.36. The zero-order valence-electron chi connectivity index (χ0n) is 31.0. The van der Waals surface area contributed by atoms with Crippen molar-refractivity contribution in [1.82, 2.24) is 9.96 Å². The van der Waals surface area contributed by atoms with Crippen LogP contribution in [-0.4, -0.2) is 84.3 Å². The third kappa shape index (κ3) is 14.8.